The van der Waals surface area contributed by atoms with E-state index >= 15 is 0 Å². The van der Waals surface area contributed by atoms with E-state index in [1.165, 1.54) is 25.6 Å². The van der Waals surface area contributed by atoms with Crippen molar-refractivity contribution in [3.8, 4) is 0 Å². The highest BCUT2D eigenvalue weighted by Crippen LogP contribution is 2.06. The Morgan fingerprint density at radius 3 is 2.62 bits per heavy atom. The summed E-state index contributed by atoms with van der Waals surface area (Å²) in [6, 6.07) is -0.838. The predicted molar refractivity (Wildman–Crippen MR) is 55.8 cm³/mol. The summed E-state index contributed by atoms with van der Waals surface area (Å²) < 4.78 is 0. The van der Waals surface area contributed by atoms with Crippen LogP contribution in [0.3, 0.4) is 0 Å². The SMILES string of the molecule is CCC(C(=O)O)N(C)C(=O)c1cnccn1. The Bertz CT molecular complexity index is 380. The quantitative estimate of drug-likeness (QED) is 0.799. The molecule has 0 aliphatic rings. The molecule has 0 radical (unpaired) electrons. The van der Waals surface area contributed by atoms with Gasteiger partial charge >= 0.3 is 5.97 Å². The van der Waals surface area contributed by atoms with Crippen LogP contribution in [0.4, 0.5) is 0 Å². The first-order valence-corrected chi connectivity index (χ1v) is 4.84. The molecule has 0 spiro atoms. The van der Waals surface area contributed by atoms with Crippen molar-refractivity contribution in [1.82, 2.24) is 14.9 Å². The lowest BCUT2D eigenvalue weighted by atomic mass is 10.2. The Morgan fingerprint density at radius 1 is 1.50 bits per heavy atom. The third-order valence-corrected chi connectivity index (χ3v) is 2.24. The molecule has 1 heterocycles. The van der Waals surface area contributed by atoms with Crippen molar-refractivity contribution >= 4 is 11.9 Å². The second-order valence-corrected chi connectivity index (χ2v) is 3.27. The summed E-state index contributed by atoms with van der Waals surface area (Å²) >= 11 is 0. The van der Waals surface area contributed by atoms with Crippen LogP contribution in [0.2, 0.25) is 0 Å². The highest BCUT2D eigenvalue weighted by atomic mass is 16.4. The van der Waals surface area contributed by atoms with Gasteiger partial charge in [0.25, 0.3) is 5.91 Å². The molecule has 1 aromatic rings. The first-order valence-electron chi connectivity index (χ1n) is 4.84. The van der Waals surface area contributed by atoms with Gasteiger partial charge in [-0.2, -0.15) is 0 Å². The zero-order chi connectivity index (χ0) is 12.1. The minimum atomic E-state index is -1.03. The van der Waals surface area contributed by atoms with Crippen LogP contribution < -0.4 is 0 Å². The number of carbonyl (C=O) groups excluding carboxylic acids is 1. The summed E-state index contributed by atoms with van der Waals surface area (Å²) in [5.74, 6) is -1.47. The Morgan fingerprint density at radius 2 is 2.19 bits per heavy atom. The number of carbonyl (C=O) groups is 2. The van der Waals surface area contributed by atoms with E-state index in [4.69, 9.17) is 5.11 Å². The van der Waals surface area contributed by atoms with Crippen molar-refractivity contribution < 1.29 is 14.7 Å². The molecule has 0 aliphatic heterocycles. The average Bonchev–Trinajstić information content (AvgIpc) is 2.29. The topological polar surface area (TPSA) is 83.4 Å². The van der Waals surface area contributed by atoms with Gasteiger partial charge in [0, 0.05) is 19.4 Å². The minimum absolute atomic E-state index is 0.143. The number of nitrogens with zero attached hydrogens (tertiary/aromatic N) is 3. The molecular weight excluding hydrogens is 210 g/mol. The van der Waals surface area contributed by atoms with Crippen molar-refractivity contribution in [1.29, 1.82) is 0 Å². The molecule has 86 valence electrons. The molecule has 16 heavy (non-hydrogen) atoms. The largest absolute Gasteiger partial charge is 0.480 e. The van der Waals surface area contributed by atoms with Crippen LogP contribution in [0.25, 0.3) is 0 Å². The number of aromatic nitrogens is 2. The lowest BCUT2D eigenvalue weighted by Crippen LogP contribution is -2.42. The van der Waals surface area contributed by atoms with Crippen LogP contribution in [-0.4, -0.2) is 44.9 Å². The lowest BCUT2D eigenvalue weighted by molar-refractivity contribution is -0.142. The van der Waals surface area contributed by atoms with E-state index in [1.54, 1.807) is 6.92 Å². The number of hydrogen-bond donors (Lipinski definition) is 1. The van der Waals surface area contributed by atoms with Crippen molar-refractivity contribution in [2.24, 2.45) is 0 Å². The van der Waals surface area contributed by atoms with Crippen LogP contribution in [0.5, 0.6) is 0 Å². The highest BCUT2D eigenvalue weighted by molar-refractivity contribution is 5.94. The predicted octanol–water partition coefficient (Wildman–Crippen LogP) is 0.412. The summed E-state index contributed by atoms with van der Waals surface area (Å²) in [5.41, 5.74) is 0.143. The molecule has 1 rings (SSSR count). The van der Waals surface area contributed by atoms with Crippen LogP contribution in [-0.2, 0) is 4.79 Å². The van der Waals surface area contributed by atoms with E-state index in [1.807, 2.05) is 0 Å². The van der Waals surface area contributed by atoms with Gasteiger partial charge in [0.15, 0.2) is 0 Å². The number of hydrogen-bond acceptors (Lipinski definition) is 4. The van der Waals surface area contributed by atoms with Crippen LogP contribution in [0.1, 0.15) is 23.8 Å². The summed E-state index contributed by atoms with van der Waals surface area (Å²) in [4.78, 5) is 31.4. The molecule has 1 atom stereocenters. The van der Waals surface area contributed by atoms with Gasteiger partial charge in [0.05, 0.1) is 6.20 Å². The third kappa shape index (κ3) is 2.53. The van der Waals surface area contributed by atoms with Gasteiger partial charge in [-0.05, 0) is 6.42 Å². The van der Waals surface area contributed by atoms with E-state index in [-0.39, 0.29) is 5.69 Å². The molecule has 1 aromatic heterocycles. The zero-order valence-corrected chi connectivity index (χ0v) is 9.12. The molecule has 0 bridgehead atoms. The average molecular weight is 223 g/mol. The third-order valence-electron chi connectivity index (χ3n) is 2.24. The maximum Gasteiger partial charge on any atom is 0.326 e. The van der Waals surface area contributed by atoms with Gasteiger partial charge in [-0.3, -0.25) is 9.78 Å². The van der Waals surface area contributed by atoms with Crippen LogP contribution >= 0.6 is 0 Å². The van der Waals surface area contributed by atoms with E-state index < -0.39 is 17.9 Å². The van der Waals surface area contributed by atoms with Gasteiger partial charge in [-0.1, -0.05) is 6.92 Å². The summed E-state index contributed by atoms with van der Waals surface area (Å²) in [6.45, 7) is 1.71. The van der Waals surface area contributed by atoms with Gasteiger partial charge in [0.2, 0.25) is 0 Å². The van der Waals surface area contributed by atoms with E-state index in [2.05, 4.69) is 9.97 Å². The summed E-state index contributed by atoms with van der Waals surface area (Å²) in [5, 5.41) is 8.91. The maximum atomic E-state index is 11.8. The molecule has 1 N–H and O–H groups in total. The lowest BCUT2D eigenvalue weighted by Gasteiger charge is -2.22. The Balaban J connectivity index is 2.86. The van der Waals surface area contributed by atoms with Crippen LogP contribution in [0.15, 0.2) is 18.6 Å². The van der Waals surface area contributed by atoms with Crippen LogP contribution in [0, 0.1) is 0 Å². The van der Waals surface area contributed by atoms with Crippen molar-refractivity contribution in [2.75, 3.05) is 7.05 Å². The fourth-order valence-electron chi connectivity index (χ4n) is 1.35. The standard InChI is InChI=1S/C10H13N3O3/c1-3-8(10(15)16)13(2)9(14)7-6-11-4-5-12-7/h4-6,8H,3H2,1-2H3,(H,15,16). The first-order chi connectivity index (χ1) is 7.57. The second-order valence-electron chi connectivity index (χ2n) is 3.27. The van der Waals surface area contributed by atoms with Crippen molar-refractivity contribution in [3.05, 3.63) is 24.3 Å². The maximum absolute atomic E-state index is 11.8. The van der Waals surface area contributed by atoms with E-state index in [0.717, 1.165) is 4.90 Å². The number of likely N-dealkylation sites (N-methyl/N-ethyl adjacent to an activating group) is 1. The van der Waals surface area contributed by atoms with Gasteiger partial charge in [0.1, 0.15) is 11.7 Å². The molecule has 0 fully saturated rings. The normalized spacial score (nSPS) is 11.9. The Hall–Kier alpha value is -1.98. The zero-order valence-electron chi connectivity index (χ0n) is 9.12. The molecule has 0 aliphatic carbocycles. The smallest absolute Gasteiger partial charge is 0.326 e. The van der Waals surface area contributed by atoms with E-state index in [0.29, 0.717) is 6.42 Å². The van der Waals surface area contributed by atoms with E-state index in [9.17, 15) is 9.59 Å². The number of rotatable bonds is 4. The minimum Gasteiger partial charge on any atom is -0.480 e. The summed E-state index contributed by atoms with van der Waals surface area (Å²) in [6.07, 6.45) is 4.50. The number of carboxylic acids is 1. The molecule has 1 unspecified atom stereocenters. The molecule has 1 amide bonds. The first kappa shape index (κ1) is 12.1. The Labute approximate surface area is 92.9 Å². The van der Waals surface area contributed by atoms with Crippen molar-refractivity contribution in [2.45, 2.75) is 19.4 Å². The number of aliphatic carboxylic acids is 1. The molecular formula is C10H13N3O3. The fraction of sp³-hybridized carbons (Fsp3) is 0.400. The molecule has 0 saturated carbocycles. The highest BCUT2D eigenvalue weighted by Gasteiger charge is 2.26. The van der Waals surface area contributed by atoms with Gasteiger partial charge < -0.3 is 10.0 Å². The molecule has 6 heteroatoms. The second kappa shape index (κ2) is 5.20. The van der Waals surface area contributed by atoms with Gasteiger partial charge in [-0.25, -0.2) is 9.78 Å². The molecule has 0 aromatic carbocycles. The molecule has 6 nitrogen and oxygen atoms in total. The van der Waals surface area contributed by atoms with Gasteiger partial charge in [-0.15, -0.1) is 0 Å². The monoisotopic (exact) mass is 223 g/mol. The number of amides is 1. The van der Waals surface area contributed by atoms with Crippen molar-refractivity contribution in [3.63, 3.8) is 0 Å². The Kier molecular flexibility index (Phi) is 3.93. The number of carboxylic acid groups (broad SMARTS) is 1. The summed E-state index contributed by atoms with van der Waals surface area (Å²) in [7, 11) is 1.44. The molecule has 0 saturated heterocycles. The fourth-order valence-corrected chi connectivity index (χ4v) is 1.35.